The van der Waals surface area contributed by atoms with Gasteiger partial charge in [0.2, 0.25) is 0 Å². The predicted molar refractivity (Wildman–Crippen MR) is 81.4 cm³/mol. The fraction of sp³-hybridized carbons (Fsp3) is 0.188. The molecule has 1 atom stereocenters. The van der Waals surface area contributed by atoms with E-state index in [9.17, 15) is 8.78 Å². The summed E-state index contributed by atoms with van der Waals surface area (Å²) in [7, 11) is 0. The van der Waals surface area contributed by atoms with Gasteiger partial charge in [-0.3, -0.25) is 0 Å². The summed E-state index contributed by atoms with van der Waals surface area (Å²) in [5.74, 6) is -1.67. The van der Waals surface area contributed by atoms with Gasteiger partial charge >= 0.3 is 0 Å². The summed E-state index contributed by atoms with van der Waals surface area (Å²) >= 11 is 1.62. The molecule has 3 aromatic rings. The van der Waals surface area contributed by atoms with Gasteiger partial charge < -0.3 is 5.73 Å². The molecule has 0 saturated carbocycles. The van der Waals surface area contributed by atoms with E-state index in [2.05, 4.69) is 4.98 Å². The lowest BCUT2D eigenvalue weighted by Crippen LogP contribution is -2.25. The number of halogens is 2. The fourth-order valence-corrected chi connectivity index (χ4v) is 3.33. The summed E-state index contributed by atoms with van der Waals surface area (Å²) in [5, 5.41) is 0.964. The van der Waals surface area contributed by atoms with E-state index in [4.69, 9.17) is 5.73 Å². The van der Waals surface area contributed by atoms with Crippen LogP contribution in [-0.4, -0.2) is 11.0 Å². The molecule has 0 aliphatic heterocycles. The minimum atomic E-state index is -0.835. The maximum atomic E-state index is 13.2. The zero-order valence-electron chi connectivity index (χ0n) is 11.2. The standard InChI is InChI=1S/C16H14F2N2S/c17-12-6-5-10(8-13(12)18)7-11(19)9-16-20-14-3-1-2-4-15(14)21-16/h1-6,8,11H,7,9,19H2. The molecule has 0 bridgehead atoms. The molecule has 1 unspecified atom stereocenters. The Morgan fingerprint density at radius 1 is 1.05 bits per heavy atom. The lowest BCUT2D eigenvalue weighted by molar-refractivity contribution is 0.506. The molecule has 2 aromatic carbocycles. The quantitative estimate of drug-likeness (QED) is 0.798. The van der Waals surface area contributed by atoms with E-state index in [-0.39, 0.29) is 6.04 Å². The molecule has 0 aliphatic rings. The van der Waals surface area contributed by atoms with Gasteiger partial charge in [-0.25, -0.2) is 13.8 Å². The van der Waals surface area contributed by atoms with Crippen molar-refractivity contribution in [2.45, 2.75) is 18.9 Å². The molecule has 0 spiro atoms. The molecule has 21 heavy (non-hydrogen) atoms. The topological polar surface area (TPSA) is 38.9 Å². The van der Waals surface area contributed by atoms with Crippen molar-refractivity contribution in [2.75, 3.05) is 0 Å². The van der Waals surface area contributed by atoms with Gasteiger partial charge in [0.1, 0.15) is 0 Å². The SMILES string of the molecule is NC(Cc1ccc(F)c(F)c1)Cc1nc2ccccc2s1. The van der Waals surface area contributed by atoms with Crippen molar-refractivity contribution in [1.29, 1.82) is 0 Å². The molecule has 2 nitrogen and oxygen atoms in total. The molecule has 0 radical (unpaired) electrons. The second kappa shape index (κ2) is 5.87. The van der Waals surface area contributed by atoms with Crippen molar-refractivity contribution < 1.29 is 8.78 Å². The Morgan fingerprint density at radius 3 is 2.62 bits per heavy atom. The summed E-state index contributed by atoms with van der Waals surface area (Å²) in [6.45, 7) is 0. The molecular weight excluding hydrogens is 290 g/mol. The first-order valence-corrected chi connectivity index (χ1v) is 7.47. The highest BCUT2D eigenvalue weighted by Crippen LogP contribution is 2.22. The second-order valence-corrected chi connectivity index (χ2v) is 6.11. The molecule has 0 aliphatic carbocycles. The highest BCUT2D eigenvalue weighted by atomic mass is 32.1. The van der Waals surface area contributed by atoms with E-state index >= 15 is 0 Å². The predicted octanol–water partition coefficient (Wildman–Crippen LogP) is 3.69. The number of nitrogens with zero attached hydrogens (tertiary/aromatic N) is 1. The van der Waals surface area contributed by atoms with Gasteiger partial charge in [-0.1, -0.05) is 18.2 Å². The van der Waals surface area contributed by atoms with Gasteiger partial charge in [0.15, 0.2) is 11.6 Å². The zero-order chi connectivity index (χ0) is 14.8. The minimum Gasteiger partial charge on any atom is -0.327 e. The molecule has 3 rings (SSSR count). The number of hydrogen-bond donors (Lipinski definition) is 1. The largest absolute Gasteiger partial charge is 0.327 e. The summed E-state index contributed by atoms with van der Waals surface area (Å²) in [4.78, 5) is 4.53. The van der Waals surface area contributed by atoms with Crippen LogP contribution in [0.15, 0.2) is 42.5 Å². The van der Waals surface area contributed by atoms with Crippen LogP contribution in [0.1, 0.15) is 10.6 Å². The van der Waals surface area contributed by atoms with Gasteiger partial charge in [-0.05, 0) is 36.2 Å². The van der Waals surface area contributed by atoms with E-state index in [1.807, 2.05) is 24.3 Å². The van der Waals surface area contributed by atoms with Crippen molar-refractivity contribution in [2.24, 2.45) is 5.73 Å². The molecule has 0 saturated heterocycles. The number of rotatable bonds is 4. The summed E-state index contributed by atoms with van der Waals surface area (Å²) < 4.78 is 27.2. The normalized spacial score (nSPS) is 12.7. The van der Waals surface area contributed by atoms with Gasteiger partial charge in [-0.2, -0.15) is 0 Å². The van der Waals surface area contributed by atoms with Crippen molar-refractivity contribution >= 4 is 21.6 Å². The van der Waals surface area contributed by atoms with E-state index in [1.54, 1.807) is 17.4 Å². The number of hydrogen-bond acceptors (Lipinski definition) is 3. The van der Waals surface area contributed by atoms with E-state index < -0.39 is 11.6 Å². The Labute approximate surface area is 125 Å². The Hall–Kier alpha value is -1.85. The van der Waals surface area contributed by atoms with Crippen LogP contribution in [0.5, 0.6) is 0 Å². The van der Waals surface area contributed by atoms with Gasteiger partial charge in [0, 0.05) is 12.5 Å². The van der Waals surface area contributed by atoms with Crippen molar-refractivity contribution in [3.8, 4) is 0 Å². The Balaban J connectivity index is 1.70. The number of thiazole rings is 1. The van der Waals surface area contributed by atoms with Crippen LogP contribution in [0.25, 0.3) is 10.2 Å². The molecule has 0 amide bonds. The number of aromatic nitrogens is 1. The average Bonchev–Trinajstić information content (AvgIpc) is 2.84. The third kappa shape index (κ3) is 3.25. The highest BCUT2D eigenvalue weighted by Gasteiger charge is 2.11. The van der Waals surface area contributed by atoms with Crippen LogP contribution in [0, 0.1) is 11.6 Å². The highest BCUT2D eigenvalue weighted by molar-refractivity contribution is 7.18. The molecule has 1 heterocycles. The zero-order valence-corrected chi connectivity index (χ0v) is 12.0. The molecule has 108 valence electrons. The Morgan fingerprint density at radius 2 is 1.86 bits per heavy atom. The monoisotopic (exact) mass is 304 g/mol. The summed E-state index contributed by atoms with van der Waals surface area (Å²) in [6, 6.07) is 11.7. The molecular formula is C16H14F2N2S. The molecule has 2 N–H and O–H groups in total. The average molecular weight is 304 g/mol. The van der Waals surface area contributed by atoms with Crippen molar-refractivity contribution in [1.82, 2.24) is 4.98 Å². The third-order valence-corrected chi connectivity index (χ3v) is 4.32. The van der Waals surface area contributed by atoms with Gasteiger partial charge in [0.25, 0.3) is 0 Å². The number of para-hydroxylation sites is 1. The Kier molecular flexibility index (Phi) is 3.94. The van der Waals surface area contributed by atoms with Crippen LogP contribution in [-0.2, 0) is 12.8 Å². The second-order valence-electron chi connectivity index (χ2n) is 4.99. The molecule has 5 heteroatoms. The lowest BCUT2D eigenvalue weighted by Gasteiger charge is -2.10. The third-order valence-electron chi connectivity index (χ3n) is 3.26. The summed E-state index contributed by atoms with van der Waals surface area (Å²) in [5.41, 5.74) is 7.76. The first-order chi connectivity index (χ1) is 10.1. The van der Waals surface area contributed by atoms with Gasteiger partial charge in [0.05, 0.1) is 15.2 Å². The maximum Gasteiger partial charge on any atom is 0.159 e. The van der Waals surface area contributed by atoms with Gasteiger partial charge in [-0.15, -0.1) is 11.3 Å². The summed E-state index contributed by atoms with van der Waals surface area (Å²) in [6.07, 6.45) is 1.12. The van der Waals surface area contributed by atoms with Crippen LogP contribution >= 0.6 is 11.3 Å². The van der Waals surface area contributed by atoms with E-state index in [0.717, 1.165) is 21.3 Å². The first kappa shape index (κ1) is 14.1. The first-order valence-electron chi connectivity index (χ1n) is 6.66. The maximum absolute atomic E-state index is 13.2. The Bertz CT molecular complexity index is 737. The van der Waals surface area contributed by atoms with Crippen molar-refractivity contribution in [3.05, 3.63) is 64.7 Å². The minimum absolute atomic E-state index is 0.171. The van der Waals surface area contributed by atoms with E-state index in [0.29, 0.717) is 18.4 Å². The lowest BCUT2D eigenvalue weighted by atomic mass is 10.0. The fourth-order valence-electron chi connectivity index (χ4n) is 2.27. The molecule has 1 aromatic heterocycles. The number of fused-ring (bicyclic) bond motifs is 1. The number of nitrogens with two attached hydrogens (primary N) is 1. The van der Waals surface area contributed by atoms with Crippen LogP contribution in [0.3, 0.4) is 0 Å². The van der Waals surface area contributed by atoms with Crippen LogP contribution in [0.2, 0.25) is 0 Å². The van der Waals surface area contributed by atoms with Crippen molar-refractivity contribution in [3.63, 3.8) is 0 Å². The smallest absolute Gasteiger partial charge is 0.159 e. The van der Waals surface area contributed by atoms with E-state index in [1.165, 1.54) is 6.07 Å². The molecule has 0 fully saturated rings. The van der Waals surface area contributed by atoms with Crippen LogP contribution < -0.4 is 5.73 Å². The number of benzene rings is 2. The van der Waals surface area contributed by atoms with Crippen LogP contribution in [0.4, 0.5) is 8.78 Å².